The predicted octanol–water partition coefficient (Wildman–Crippen LogP) is 4.28. The fourth-order valence-corrected chi connectivity index (χ4v) is 3.88. The minimum absolute atomic E-state index is 0.109. The van der Waals surface area contributed by atoms with E-state index in [1.165, 1.54) is 0 Å². The highest BCUT2D eigenvalue weighted by atomic mass is 16.5. The number of hydrogen-bond acceptors (Lipinski definition) is 3. The Morgan fingerprint density at radius 1 is 0.920 bits per heavy atom. The quantitative estimate of drug-likeness (QED) is 0.751. The summed E-state index contributed by atoms with van der Waals surface area (Å²) in [5.74, 6) is 1.08. The van der Waals surface area contributed by atoms with Gasteiger partial charge in [0, 0.05) is 11.1 Å². The van der Waals surface area contributed by atoms with Crippen LogP contribution in [0.1, 0.15) is 29.7 Å². The van der Waals surface area contributed by atoms with Crippen molar-refractivity contribution in [1.29, 1.82) is 0 Å². The van der Waals surface area contributed by atoms with Crippen molar-refractivity contribution in [1.82, 2.24) is 4.57 Å². The zero-order chi connectivity index (χ0) is 17.6. The largest absolute Gasteiger partial charge is 0.496 e. The molecule has 0 fully saturated rings. The number of fused-ring (bicyclic) bond motifs is 3. The lowest BCUT2D eigenvalue weighted by Crippen LogP contribution is -2.05. The molecular weight excluding hydrogens is 314 g/mol. The average molecular weight is 335 g/mol. The molecule has 3 aromatic rings. The van der Waals surface area contributed by atoms with Crippen molar-refractivity contribution in [3.8, 4) is 28.6 Å². The van der Waals surface area contributed by atoms with Crippen LogP contribution < -0.4 is 4.74 Å². The number of nitrogens with zero attached hydrogens (tertiary/aromatic N) is 1. The van der Waals surface area contributed by atoms with Crippen molar-refractivity contribution in [3.63, 3.8) is 0 Å². The SMILES string of the molecule is COc1cccc2c1CCc1c-2c(O)n([C@@H](C)c2ccccc2)c1O. The van der Waals surface area contributed by atoms with E-state index < -0.39 is 0 Å². The Bertz CT molecular complexity index is 928. The third kappa shape index (κ3) is 2.29. The summed E-state index contributed by atoms with van der Waals surface area (Å²) < 4.78 is 7.09. The molecule has 1 aliphatic carbocycles. The van der Waals surface area contributed by atoms with E-state index in [-0.39, 0.29) is 17.8 Å². The molecule has 1 heterocycles. The molecule has 4 heteroatoms. The molecule has 1 aliphatic rings. The first-order valence-corrected chi connectivity index (χ1v) is 8.49. The van der Waals surface area contributed by atoms with E-state index in [0.29, 0.717) is 6.42 Å². The Morgan fingerprint density at radius 3 is 2.36 bits per heavy atom. The monoisotopic (exact) mass is 335 g/mol. The molecule has 0 aliphatic heterocycles. The van der Waals surface area contributed by atoms with E-state index in [0.717, 1.165) is 40.0 Å². The Morgan fingerprint density at radius 2 is 1.64 bits per heavy atom. The molecule has 4 rings (SSSR count). The maximum atomic E-state index is 11.0. The van der Waals surface area contributed by atoms with Gasteiger partial charge in [0.15, 0.2) is 5.88 Å². The van der Waals surface area contributed by atoms with Crippen LogP contribution in [-0.4, -0.2) is 21.9 Å². The van der Waals surface area contributed by atoms with E-state index in [4.69, 9.17) is 4.74 Å². The van der Waals surface area contributed by atoms with Gasteiger partial charge in [-0.1, -0.05) is 42.5 Å². The molecule has 0 spiro atoms. The van der Waals surface area contributed by atoms with Crippen LogP contribution in [0.5, 0.6) is 17.5 Å². The summed E-state index contributed by atoms with van der Waals surface area (Å²) in [6, 6.07) is 15.5. The summed E-state index contributed by atoms with van der Waals surface area (Å²) in [5, 5.41) is 21.8. The smallest absolute Gasteiger partial charge is 0.202 e. The van der Waals surface area contributed by atoms with Gasteiger partial charge in [0.1, 0.15) is 5.75 Å². The number of aromatic hydroxyl groups is 2. The van der Waals surface area contributed by atoms with Gasteiger partial charge in [-0.2, -0.15) is 0 Å². The first-order valence-electron chi connectivity index (χ1n) is 8.49. The van der Waals surface area contributed by atoms with Crippen LogP contribution >= 0.6 is 0 Å². The summed E-state index contributed by atoms with van der Waals surface area (Å²) in [7, 11) is 1.66. The Hall–Kier alpha value is -2.88. The summed E-state index contributed by atoms with van der Waals surface area (Å²) >= 11 is 0. The second kappa shape index (κ2) is 5.88. The number of rotatable bonds is 3. The van der Waals surface area contributed by atoms with Gasteiger partial charge in [-0.15, -0.1) is 0 Å². The normalized spacial score (nSPS) is 13.8. The molecule has 2 N–H and O–H groups in total. The second-order valence-corrected chi connectivity index (χ2v) is 6.44. The van der Waals surface area contributed by atoms with E-state index in [1.54, 1.807) is 11.7 Å². The maximum Gasteiger partial charge on any atom is 0.202 e. The topological polar surface area (TPSA) is 54.6 Å². The van der Waals surface area contributed by atoms with Crippen LogP contribution in [0.25, 0.3) is 11.1 Å². The van der Waals surface area contributed by atoms with Gasteiger partial charge in [-0.3, -0.25) is 4.57 Å². The second-order valence-electron chi connectivity index (χ2n) is 6.44. The zero-order valence-electron chi connectivity index (χ0n) is 14.4. The maximum absolute atomic E-state index is 11.0. The van der Waals surface area contributed by atoms with Crippen molar-refractivity contribution in [3.05, 3.63) is 65.2 Å². The van der Waals surface area contributed by atoms with Gasteiger partial charge >= 0.3 is 0 Å². The van der Waals surface area contributed by atoms with Crippen molar-refractivity contribution < 1.29 is 14.9 Å². The highest BCUT2D eigenvalue weighted by molar-refractivity contribution is 5.81. The summed E-state index contributed by atoms with van der Waals surface area (Å²) in [6.45, 7) is 1.98. The number of benzene rings is 2. The van der Waals surface area contributed by atoms with Gasteiger partial charge in [0.2, 0.25) is 5.88 Å². The predicted molar refractivity (Wildman–Crippen MR) is 97.4 cm³/mol. The molecule has 0 unspecified atom stereocenters. The molecule has 25 heavy (non-hydrogen) atoms. The van der Waals surface area contributed by atoms with E-state index in [9.17, 15) is 10.2 Å². The third-order valence-corrected chi connectivity index (χ3v) is 5.17. The number of methoxy groups -OCH3 is 1. The molecule has 4 nitrogen and oxygen atoms in total. The summed E-state index contributed by atoms with van der Waals surface area (Å²) in [4.78, 5) is 0. The molecule has 0 amide bonds. The first kappa shape index (κ1) is 15.6. The molecule has 0 radical (unpaired) electrons. The molecular formula is C21H21NO3. The standard InChI is InChI=1S/C21H21NO3/c1-13(14-7-4-3-5-8-14)22-20(23)17-12-11-15-16(19(17)21(22)24)9-6-10-18(15)25-2/h3-10,13,23-24H,11-12H2,1-2H3/t13-/m0/s1. The molecule has 0 saturated carbocycles. The lowest BCUT2D eigenvalue weighted by Gasteiger charge is -2.19. The minimum atomic E-state index is -0.166. The van der Waals surface area contributed by atoms with Crippen molar-refractivity contribution in [2.75, 3.05) is 7.11 Å². The van der Waals surface area contributed by atoms with Crippen LogP contribution in [0.15, 0.2) is 48.5 Å². The molecule has 2 aromatic carbocycles. The van der Waals surface area contributed by atoms with Crippen molar-refractivity contribution >= 4 is 0 Å². The van der Waals surface area contributed by atoms with E-state index >= 15 is 0 Å². The molecule has 128 valence electrons. The third-order valence-electron chi connectivity index (χ3n) is 5.17. The lowest BCUT2D eigenvalue weighted by molar-refractivity contribution is 0.356. The van der Waals surface area contributed by atoms with E-state index in [1.807, 2.05) is 55.5 Å². The van der Waals surface area contributed by atoms with Crippen molar-refractivity contribution in [2.24, 2.45) is 0 Å². The molecule has 1 aromatic heterocycles. The number of ether oxygens (including phenoxy) is 1. The average Bonchev–Trinajstić information content (AvgIpc) is 2.92. The Labute approximate surface area is 146 Å². The summed E-state index contributed by atoms with van der Waals surface area (Å²) in [5.41, 5.74) is 4.58. The fraction of sp³-hybridized carbons (Fsp3) is 0.238. The van der Waals surface area contributed by atoms with Gasteiger partial charge < -0.3 is 14.9 Å². The molecule has 0 bridgehead atoms. The van der Waals surface area contributed by atoms with Crippen LogP contribution in [0.3, 0.4) is 0 Å². The highest BCUT2D eigenvalue weighted by Gasteiger charge is 2.31. The first-order chi connectivity index (χ1) is 12.1. The number of hydrogen-bond donors (Lipinski definition) is 2. The van der Waals surface area contributed by atoms with Crippen LogP contribution in [0.4, 0.5) is 0 Å². The lowest BCUT2D eigenvalue weighted by atomic mass is 9.87. The van der Waals surface area contributed by atoms with Gasteiger partial charge in [0.25, 0.3) is 0 Å². The highest BCUT2D eigenvalue weighted by Crippen LogP contribution is 2.49. The van der Waals surface area contributed by atoms with Crippen LogP contribution in [-0.2, 0) is 12.8 Å². The minimum Gasteiger partial charge on any atom is -0.496 e. The van der Waals surface area contributed by atoms with Crippen LogP contribution in [0.2, 0.25) is 0 Å². The van der Waals surface area contributed by atoms with Gasteiger partial charge in [-0.05, 0) is 37.0 Å². The molecule has 1 atom stereocenters. The van der Waals surface area contributed by atoms with Gasteiger partial charge in [-0.25, -0.2) is 0 Å². The number of aromatic nitrogens is 1. The van der Waals surface area contributed by atoms with Crippen molar-refractivity contribution in [2.45, 2.75) is 25.8 Å². The van der Waals surface area contributed by atoms with Crippen LogP contribution in [0, 0.1) is 0 Å². The zero-order valence-corrected chi connectivity index (χ0v) is 14.4. The molecule has 0 saturated heterocycles. The fourth-order valence-electron chi connectivity index (χ4n) is 3.88. The summed E-state index contributed by atoms with van der Waals surface area (Å²) in [6.07, 6.45) is 1.46. The van der Waals surface area contributed by atoms with Gasteiger partial charge in [0.05, 0.1) is 18.7 Å². The Kier molecular flexibility index (Phi) is 3.68. The Balaban J connectivity index is 1.91. The van der Waals surface area contributed by atoms with E-state index in [2.05, 4.69) is 0 Å².